The van der Waals surface area contributed by atoms with Crippen LogP contribution >= 0.6 is 11.3 Å². The number of amides is 4. The topological polar surface area (TPSA) is 113 Å². The van der Waals surface area contributed by atoms with Crippen molar-refractivity contribution in [2.75, 3.05) is 31.5 Å². The lowest BCUT2D eigenvalue weighted by molar-refractivity contribution is -0.137. The van der Waals surface area contributed by atoms with E-state index in [0.29, 0.717) is 50.3 Å². The largest absolute Gasteiger partial charge is 0.366 e. The Kier molecular flexibility index (Phi) is 7.99. The quantitative estimate of drug-likeness (QED) is 0.636. The molecular formula is C23H28N4O4S. The Morgan fingerprint density at radius 2 is 1.81 bits per heavy atom. The first kappa shape index (κ1) is 23.5. The highest BCUT2D eigenvalue weighted by Gasteiger charge is 2.30. The molecule has 1 aliphatic rings. The third-order valence-electron chi connectivity index (χ3n) is 5.62. The van der Waals surface area contributed by atoms with E-state index in [4.69, 9.17) is 5.73 Å². The van der Waals surface area contributed by atoms with Crippen molar-refractivity contribution >= 4 is 40.7 Å². The highest BCUT2D eigenvalue weighted by Crippen LogP contribution is 2.22. The van der Waals surface area contributed by atoms with Gasteiger partial charge < -0.3 is 20.9 Å². The average molecular weight is 457 g/mol. The number of hydrogen-bond donors (Lipinski definition) is 2. The van der Waals surface area contributed by atoms with Crippen LogP contribution in [0.1, 0.15) is 46.2 Å². The summed E-state index contributed by atoms with van der Waals surface area (Å²) < 4.78 is 0. The second-order valence-corrected chi connectivity index (χ2v) is 8.65. The maximum absolute atomic E-state index is 13.0. The van der Waals surface area contributed by atoms with E-state index in [1.165, 1.54) is 11.3 Å². The fourth-order valence-electron chi connectivity index (χ4n) is 3.75. The molecule has 1 aromatic heterocycles. The van der Waals surface area contributed by atoms with Crippen molar-refractivity contribution in [1.29, 1.82) is 0 Å². The molecule has 0 unspecified atom stereocenters. The zero-order chi connectivity index (χ0) is 23.1. The molecule has 2 aromatic rings. The summed E-state index contributed by atoms with van der Waals surface area (Å²) >= 11 is 1.43. The number of anilines is 1. The number of piperidine rings is 1. The van der Waals surface area contributed by atoms with Gasteiger partial charge in [-0.15, -0.1) is 11.3 Å². The molecule has 1 aromatic carbocycles. The van der Waals surface area contributed by atoms with Crippen molar-refractivity contribution in [1.82, 2.24) is 9.80 Å². The first-order valence-electron chi connectivity index (χ1n) is 10.7. The number of hydrogen-bond acceptors (Lipinski definition) is 5. The Bertz CT molecular complexity index is 951. The number of thiophene rings is 1. The Balaban J connectivity index is 1.45. The minimum Gasteiger partial charge on any atom is -0.366 e. The van der Waals surface area contributed by atoms with Crippen LogP contribution in [0.2, 0.25) is 0 Å². The van der Waals surface area contributed by atoms with E-state index in [1.54, 1.807) is 29.2 Å². The molecule has 1 saturated heterocycles. The molecule has 0 bridgehead atoms. The normalized spacial score (nSPS) is 14.1. The molecule has 1 fully saturated rings. The molecule has 0 spiro atoms. The number of carbonyl (C=O) groups excluding carboxylic acids is 4. The molecule has 0 atom stereocenters. The van der Waals surface area contributed by atoms with Crippen LogP contribution in [0, 0.1) is 5.92 Å². The van der Waals surface area contributed by atoms with Gasteiger partial charge in [0.05, 0.1) is 4.88 Å². The maximum Gasteiger partial charge on any atom is 0.263 e. The molecule has 0 radical (unpaired) electrons. The zero-order valence-corrected chi connectivity index (χ0v) is 18.9. The predicted molar refractivity (Wildman–Crippen MR) is 123 cm³/mol. The number of rotatable bonds is 8. The molecule has 170 valence electrons. The van der Waals surface area contributed by atoms with Gasteiger partial charge in [0.15, 0.2) is 0 Å². The third kappa shape index (κ3) is 5.94. The highest BCUT2D eigenvalue weighted by molar-refractivity contribution is 7.12. The molecule has 3 N–H and O–H groups in total. The van der Waals surface area contributed by atoms with Crippen LogP contribution in [0.4, 0.5) is 5.69 Å². The second-order valence-electron chi connectivity index (χ2n) is 7.70. The van der Waals surface area contributed by atoms with Crippen LogP contribution < -0.4 is 11.1 Å². The van der Waals surface area contributed by atoms with E-state index >= 15 is 0 Å². The molecule has 4 amide bonds. The summed E-state index contributed by atoms with van der Waals surface area (Å²) in [6, 6.07) is 10.0. The third-order valence-corrected chi connectivity index (χ3v) is 6.48. The van der Waals surface area contributed by atoms with Gasteiger partial charge in [0.25, 0.3) is 5.91 Å². The molecule has 3 rings (SSSR count). The van der Waals surface area contributed by atoms with Crippen LogP contribution in [0.5, 0.6) is 0 Å². The SMILES string of the molecule is CCN(CCC(=O)Nc1ccc(C(N)=O)cc1)C(=O)C1CCN(C(=O)c2cccs2)CC1. The summed E-state index contributed by atoms with van der Waals surface area (Å²) in [5.41, 5.74) is 6.15. The molecular weight excluding hydrogens is 428 g/mol. The first-order chi connectivity index (χ1) is 15.4. The van der Waals surface area contributed by atoms with Gasteiger partial charge in [0.1, 0.15) is 0 Å². The van der Waals surface area contributed by atoms with Crippen molar-refractivity contribution in [3.8, 4) is 0 Å². The van der Waals surface area contributed by atoms with E-state index < -0.39 is 5.91 Å². The molecule has 32 heavy (non-hydrogen) atoms. The minimum atomic E-state index is -0.526. The number of nitrogens with one attached hydrogen (secondary N) is 1. The van der Waals surface area contributed by atoms with Crippen molar-refractivity contribution < 1.29 is 19.2 Å². The lowest BCUT2D eigenvalue weighted by Crippen LogP contribution is -2.44. The van der Waals surface area contributed by atoms with Crippen LogP contribution in [0.25, 0.3) is 0 Å². The van der Waals surface area contributed by atoms with Crippen molar-refractivity contribution in [3.05, 3.63) is 52.2 Å². The van der Waals surface area contributed by atoms with Gasteiger partial charge >= 0.3 is 0 Å². The van der Waals surface area contributed by atoms with Gasteiger partial charge in [-0.3, -0.25) is 19.2 Å². The fraction of sp³-hybridized carbons (Fsp3) is 0.391. The van der Waals surface area contributed by atoms with E-state index in [1.807, 2.05) is 29.3 Å². The molecule has 2 heterocycles. The van der Waals surface area contributed by atoms with Crippen LogP contribution in [-0.4, -0.2) is 59.6 Å². The van der Waals surface area contributed by atoms with E-state index in [-0.39, 0.29) is 30.1 Å². The highest BCUT2D eigenvalue weighted by atomic mass is 32.1. The summed E-state index contributed by atoms with van der Waals surface area (Å²) in [7, 11) is 0. The number of primary amides is 1. The number of carbonyl (C=O) groups is 4. The van der Waals surface area contributed by atoms with Gasteiger partial charge in [-0.2, -0.15) is 0 Å². The number of likely N-dealkylation sites (tertiary alicyclic amines) is 1. The number of nitrogens with zero attached hydrogens (tertiary/aromatic N) is 2. The summed E-state index contributed by atoms with van der Waals surface area (Å²) in [4.78, 5) is 53.1. The van der Waals surface area contributed by atoms with Crippen LogP contribution in [0.3, 0.4) is 0 Å². The van der Waals surface area contributed by atoms with Gasteiger partial charge in [-0.05, 0) is 55.5 Å². The predicted octanol–water partition coefficient (Wildman–Crippen LogP) is 2.58. The van der Waals surface area contributed by atoms with Crippen molar-refractivity contribution in [2.24, 2.45) is 11.7 Å². The van der Waals surface area contributed by atoms with Crippen LogP contribution in [-0.2, 0) is 9.59 Å². The van der Waals surface area contributed by atoms with Gasteiger partial charge in [-0.1, -0.05) is 6.07 Å². The van der Waals surface area contributed by atoms with E-state index in [0.717, 1.165) is 4.88 Å². The molecule has 1 aliphatic heterocycles. The van der Waals surface area contributed by atoms with Crippen LogP contribution in [0.15, 0.2) is 41.8 Å². The van der Waals surface area contributed by atoms with Gasteiger partial charge in [-0.25, -0.2) is 0 Å². The summed E-state index contributed by atoms with van der Waals surface area (Å²) in [6.45, 7) is 3.87. The molecule has 8 nitrogen and oxygen atoms in total. The van der Waals surface area contributed by atoms with E-state index in [9.17, 15) is 19.2 Å². The van der Waals surface area contributed by atoms with Gasteiger partial charge in [0, 0.05) is 49.8 Å². The Hall–Kier alpha value is -3.20. The Morgan fingerprint density at radius 3 is 2.38 bits per heavy atom. The fourth-order valence-corrected chi connectivity index (χ4v) is 4.44. The number of nitrogens with two attached hydrogens (primary N) is 1. The lowest BCUT2D eigenvalue weighted by Gasteiger charge is -2.33. The number of benzene rings is 1. The Morgan fingerprint density at radius 1 is 1.12 bits per heavy atom. The first-order valence-corrected chi connectivity index (χ1v) is 11.6. The smallest absolute Gasteiger partial charge is 0.263 e. The van der Waals surface area contributed by atoms with Crippen molar-refractivity contribution in [2.45, 2.75) is 26.2 Å². The molecule has 0 saturated carbocycles. The maximum atomic E-state index is 13.0. The Labute approximate surface area is 191 Å². The van der Waals surface area contributed by atoms with Gasteiger partial charge in [0.2, 0.25) is 17.7 Å². The van der Waals surface area contributed by atoms with Crippen molar-refractivity contribution in [3.63, 3.8) is 0 Å². The molecule has 9 heteroatoms. The van der Waals surface area contributed by atoms with E-state index in [2.05, 4.69) is 5.32 Å². The molecule has 0 aliphatic carbocycles. The monoisotopic (exact) mass is 456 g/mol. The zero-order valence-electron chi connectivity index (χ0n) is 18.1. The summed E-state index contributed by atoms with van der Waals surface area (Å²) in [5, 5.41) is 4.65. The lowest BCUT2D eigenvalue weighted by atomic mass is 9.95. The summed E-state index contributed by atoms with van der Waals surface area (Å²) in [6.07, 6.45) is 1.43. The minimum absolute atomic E-state index is 0.0266. The average Bonchev–Trinajstić information content (AvgIpc) is 3.34. The summed E-state index contributed by atoms with van der Waals surface area (Å²) in [5.74, 6) is -0.805. The standard InChI is InChI=1S/C23H28N4O4S/c1-2-26(14-11-20(28)25-18-7-5-16(6-8-18)21(24)29)22(30)17-9-12-27(13-10-17)23(31)19-4-3-15-32-19/h3-8,15,17H,2,9-14H2,1H3,(H2,24,29)(H,25,28). The second kappa shape index (κ2) is 10.9.